The Morgan fingerprint density at radius 3 is 2.61 bits per heavy atom. The predicted octanol–water partition coefficient (Wildman–Crippen LogP) is 4.02. The van der Waals surface area contributed by atoms with E-state index in [2.05, 4.69) is 17.4 Å². The predicted molar refractivity (Wildman–Crippen MR) is 96.7 cm³/mol. The van der Waals surface area contributed by atoms with Crippen molar-refractivity contribution in [3.63, 3.8) is 0 Å². The van der Waals surface area contributed by atoms with Crippen molar-refractivity contribution in [1.29, 1.82) is 0 Å². The fourth-order valence-corrected chi connectivity index (χ4v) is 2.99. The van der Waals surface area contributed by atoms with Crippen LogP contribution in [0.25, 0.3) is 0 Å². The van der Waals surface area contributed by atoms with Gasteiger partial charge in [0, 0.05) is 12.3 Å². The van der Waals surface area contributed by atoms with E-state index in [1.807, 2.05) is 56.3 Å². The molecular weight excluding hydrogens is 306 g/mol. The van der Waals surface area contributed by atoms with Crippen molar-refractivity contribution in [2.24, 2.45) is 0 Å². The number of hydrogen-bond donors (Lipinski definition) is 1. The summed E-state index contributed by atoms with van der Waals surface area (Å²) in [5, 5.41) is 2.91. The van der Waals surface area contributed by atoms with Gasteiger partial charge in [0.2, 0.25) is 5.91 Å². The fraction of sp³-hybridized carbons (Fsp3) is 0.316. The molecule has 2 rings (SSSR count). The summed E-state index contributed by atoms with van der Waals surface area (Å²) in [4.78, 5) is 12.2. The molecule has 4 heteroatoms. The number of hydrogen-bond acceptors (Lipinski definition) is 3. The van der Waals surface area contributed by atoms with Crippen LogP contribution in [0.1, 0.15) is 25.0 Å². The average molecular weight is 329 g/mol. The van der Waals surface area contributed by atoms with Crippen molar-refractivity contribution < 1.29 is 9.53 Å². The SMILES string of the molecule is CCOc1cccc(CNC(=O)[C@@H](C)SCc2ccccc2)c1. The van der Waals surface area contributed by atoms with E-state index in [4.69, 9.17) is 4.74 Å². The molecule has 0 radical (unpaired) electrons. The first-order valence-electron chi connectivity index (χ1n) is 7.84. The van der Waals surface area contributed by atoms with Crippen LogP contribution >= 0.6 is 11.8 Å². The summed E-state index contributed by atoms with van der Waals surface area (Å²) < 4.78 is 5.47. The van der Waals surface area contributed by atoms with E-state index in [9.17, 15) is 4.79 Å². The normalized spacial score (nSPS) is 11.7. The van der Waals surface area contributed by atoms with Gasteiger partial charge in [-0.2, -0.15) is 0 Å². The summed E-state index contributed by atoms with van der Waals surface area (Å²) in [6, 6.07) is 18.0. The molecule has 0 unspecified atom stereocenters. The van der Waals surface area contributed by atoms with E-state index in [0.29, 0.717) is 13.2 Å². The standard InChI is InChI=1S/C19H23NO2S/c1-3-22-18-11-7-10-17(12-18)13-20-19(21)15(2)23-14-16-8-5-4-6-9-16/h4-12,15H,3,13-14H2,1-2H3,(H,20,21)/t15-/m1/s1. The van der Waals surface area contributed by atoms with Gasteiger partial charge in [0.05, 0.1) is 11.9 Å². The molecule has 0 aromatic heterocycles. The number of carbonyl (C=O) groups excluding carboxylic acids is 1. The molecule has 0 spiro atoms. The Bertz CT molecular complexity index is 616. The monoisotopic (exact) mass is 329 g/mol. The van der Waals surface area contributed by atoms with Crippen molar-refractivity contribution >= 4 is 17.7 Å². The summed E-state index contributed by atoms with van der Waals surface area (Å²) in [6.45, 7) is 5.07. The second-order valence-corrected chi connectivity index (χ2v) is 6.57. The molecule has 122 valence electrons. The molecule has 0 aliphatic rings. The molecule has 0 bridgehead atoms. The van der Waals surface area contributed by atoms with Gasteiger partial charge in [0.25, 0.3) is 0 Å². The molecule has 0 aliphatic heterocycles. The first-order chi connectivity index (χ1) is 11.2. The highest BCUT2D eigenvalue weighted by Gasteiger charge is 2.13. The van der Waals surface area contributed by atoms with E-state index in [1.165, 1.54) is 5.56 Å². The zero-order valence-corrected chi connectivity index (χ0v) is 14.4. The molecule has 23 heavy (non-hydrogen) atoms. The number of nitrogens with one attached hydrogen (secondary N) is 1. The smallest absolute Gasteiger partial charge is 0.233 e. The Morgan fingerprint density at radius 1 is 1.13 bits per heavy atom. The topological polar surface area (TPSA) is 38.3 Å². The number of amides is 1. The van der Waals surface area contributed by atoms with Gasteiger partial charge in [-0.05, 0) is 37.1 Å². The van der Waals surface area contributed by atoms with Gasteiger partial charge in [-0.3, -0.25) is 4.79 Å². The average Bonchev–Trinajstić information content (AvgIpc) is 2.59. The number of rotatable bonds is 8. The van der Waals surface area contributed by atoms with Crippen molar-refractivity contribution in [2.75, 3.05) is 6.61 Å². The second-order valence-electron chi connectivity index (χ2n) is 5.24. The van der Waals surface area contributed by atoms with Crippen LogP contribution in [0, 0.1) is 0 Å². The highest BCUT2D eigenvalue weighted by atomic mass is 32.2. The Labute approximate surface area is 142 Å². The third kappa shape index (κ3) is 5.99. The first kappa shape index (κ1) is 17.4. The van der Waals surface area contributed by atoms with Gasteiger partial charge in [-0.1, -0.05) is 42.5 Å². The number of ether oxygens (including phenoxy) is 1. The maximum absolute atomic E-state index is 12.2. The molecular formula is C19H23NO2S. The number of benzene rings is 2. The molecule has 3 nitrogen and oxygen atoms in total. The largest absolute Gasteiger partial charge is 0.494 e. The van der Waals surface area contributed by atoms with Crippen molar-refractivity contribution in [3.8, 4) is 5.75 Å². The summed E-state index contributed by atoms with van der Waals surface area (Å²) in [6.07, 6.45) is 0. The fourth-order valence-electron chi connectivity index (χ4n) is 2.12. The molecule has 0 saturated heterocycles. The minimum absolute atomic E-state index is 0.0627. The highest BCUT2D eigenvalue weighted by molar-refractivity contribution is 7.99. The third-order valence-corrected chi connectivity index (χ3v) is 4.60. The summed E-state index contributed by atoms with van der Waals surface area (Å²) in [7, 11) is 0. The van der Waals surface area contributed by atoms with Crippen molar-refractivity contribution in [2.45, 2.75) is 31.4 Å². The van der Waals surface area contributed by atoms with Gasteiger partial charge >= 0.3 is 0 Å². The van der Waals surface area contributed by atoms with Crippen molar-refractivity contribution in [3.05, 3.63) is 65.7 Å². The van der Waals surface area contributed by atoms with Crippen molar-refractivity contribution in [1.82, 2.24) is 5.32 Å². The van der Waals surface area contributed by atoms with Crippen LogP contribution in [0.3, 0.4) is 0 Å². The molecule has 0 saturated carbocycles. The van der Waals surface area contributed by atoms with E-state index in [-0.39, 0.29) is 11.2 Å². The van der Waals surface area contributed by atoms with Gasteiger partial charge in [0.1, 0.15) is 5.75 Å². The lowest BCUT2D eigenvalue weighted by Gasteiger charge is -2.12. The molecule has 0 fully saturated rings. The van der Waals surface area contributed by atoms with Crippen LogP contribution in [-0.2, 0) is 17.1 Å². The van der Waals surface area contributed by atoms with Crippen LogP contribution in [0.4, 0.5) is 0 Å². The summed E-state index contributed by atoms with van der Waals surface area (Å²) in [5.41, 5.74) is 2.28. The zero-order valence-electron chi connectivity index (χ0n) is 13.6. The Balaban J connectivity index is 1.78. The quantitative estimate of drug-likeness (QED) is 0.795. The molecule has 0 heterocycles. The van der Waals surface area contributed by atoms with Gasteiger partial charge in [-0.15, -0.1) is 11.8 Å². The lowest BCUT2D eigenvalue weighted by atomic mass is 10.2. The molecule has 1 N–H and O–H groups in total. The molecule has 2 aromatic rings. The minimum atomic E-state index is -0.0784. The number of thioether (sulfide) groups is 1. The Kier molecular flexibility index (Phi) is 7.01. The van der Waals surface area contributed by atoms with Crippen LogP contribution in [0.15, 0.2) is 54.6 Å². The Morgan fingerprint density at radius 2 is 1.87 bits per heavy atom. The molecule has 2 aromatic carbocycles. The van der Waals surface area contributed by atoms with Gasteiger partial charge < -0.3 is 10.1 Å². The lowest BCUT2D eigenvalue weighted by molar-refractivity contribution is -0.120. The van der Waals surface area contributed by atoms with Crippen LogP contribution in [0.5, 0.6) is 5.75 Å². The second kappa shape index (κ2) is 9.26. The first-order valence-corrected chi connectivity index (χ1v) is 8.89. The summed E-state index contributed by atoms with van der Waals surface area (Å²) >= 11 is 1.65. The van der Waals surface area contributed by atoms with E-state index in [1.54, 1.807) is 11.8 Å². The van der Waals surface area contributed by atoms with E-state index >= 15 is 0 Å². The highest BCUT2D eigenvalue weighted by Crippen LogP contribution is 2.18. The van der Waals surface area contributed by atoms with Gasteiger partial charge in [-0.25, -0.2) is 0 Å². The zero-order chi connectivity index (χ0) is 16.5. The molecule has 1 atom stereocenters. The van der Waals surface area contributed by atoms with Crippen LogP contribution in [-0.4, -0.2) is 17.8 Å². The maximum Gasteiger partial charge on any atom is 0.233 e. The van der Waals surface area contributed by atoms with Gasteiger partial charge in [0.15, 0.2) is 0 Å². The van der Waals surface area contributed by atoms with Crippen LogP contribution < -0.4 is 10.1 Å². The minimum Gasteiger partial charge on any atom is -0.494 e. The number of carbonyl (C=O) groups is 1. The molecule has 0 aliphatic carbocycles. The Hall–Kier alpha value is -1.94. The lowest BCUT2D eigenvalue weighted by Crippen LogP contribution is -2.30. The van der Waals surface area contributed by atoms with E-state index < -0.39 is 0 Å². The third-order valence-electron chi connectivity index (χ3n) is 3.39. The van der Waals surface area contributed by atoms with E-state index in [0.717, 1.165) is 17.1 Å². The maximum atomic E-state index is 12.2. The van der Waals surface area contributed by atoms with Crippen LogP contribution in [0.2, 0.25) is 0 Å². The molecule has 1 amide bonds. The summed E-state index contributed by atoms with van der Waals surface area (Å²) in [5.74, 6) is 1.74.